The van der Waals surface area contributed by atoms with Gasteiger partial charge in [-0.1, -0.05) is 0 Å². The van der Waals surface area contributed by atoms with Crippen LogP contribution in [0.4, 0.5) is 8.78 Å². The molecule has 0 bridgehead atoms. The lowest BCUT2D eigenvalue weighted by atomic mass is 10.2. The molecule has 3 aromatic rings. The Hall–Kier alpha value is -3.03. The second kappa shape index (κ2) is 5.64. The van der Waals surface area contributed by atoms with Gasteiger partial charge in [-0.3, -0.25) is 9.38 Å². The number of hydrogen-bond acceptors (Lipinski definition) is 4. The van der Waals surface area contributed by atoms with E-state index >= 15 is 0 Å². The number of halogens is 2. The van der Waals surface area contributed by atoms with Crippen molar-refractivity contribution in [2.75, 3.05) is 0 Å². The van der Waals surface area contributed by atoms with Gasteiger partial charge in [-0.25, -0.2) is 18.6 Å². The van der Waals surface area contributed by atoms with E-state index in [9.17, 15) is 18.7 Å². The molecule has 0 unspecified atom stereocenters. The number of ether oxygens (including phenoxy) is 1. The number of hydrogen-bond donors (Lipinski definition) is 1. The van der Waals surface area contributed by atoms with Gasteiger partial charge >= 0.3 is 5.97 Å². The molecule has 0 fully saturated rings. The zero-order valence-electron chi connectivity index (χ0n) is 12.0. The smallest absolute Gasteiger partial charge is 0.354 e. The van der Waals surface area contributed by atoms with Gasteiger partial charge in [-0.15, -0.1) is 0 Å². The number of carboxylic acid groups (broad SMARTS) is 1. The van der Waals surface area contributed by atoms with E-state index in [4.69, 9.17) is 4.74 Å². The van der Waals surface area contributed by atoms with Crippen LogP contribution in [0.1, 0.15) is 21.7 Å². The molecule has 0 saturated heterocycles. The fraction of sp³-hybridized carbons (Fsp3) is 0.133. The molecule has 0 atom stereocenters. The summed E-state index contributed by atoms with van der Waals surface area (Å²) in [6, 6.07) is 3.11. The lowest BCUT2D eigenvalue weighted by Gasteiger charge is -2.09. The third-order valence-electron chi connectivity index (χ3n) is 3.32. The van der Waals surface area contributed by atoms with Crippen molar-refractivity contribution in [1.29, 1.82) is 0 Å². The Balaban J connectivity index is 1.98. The number of nitrogens with zero attached hydrogens (tertiary/aromatic N) is 3. The molecule has 6 nitrogen and oxygen atoms in total. The van der Waals surface area contributed by atoms with E-state index in [-0.39, 0.29) is 29.3 Å². The highest BCUT2D eigenvalue weighted by molar-refractivity contribution is 5.88. The molecule has 0 aliphatic rings. The van der Waals surface area contributed by atoms with Gasteiger partial charge in [0.2, 0.25) is 0 Å². The van der Waals surface area contributed by atoms with Gasteiger partial charge in [-0.05, 0) is 19.1 Å². The molecule has 0 aromatic carbocycles. The van der Waals surface area contributed by atoms with Crippen LogP contribution in [0.2, 0.25) is 0 Å². The SMILES string of the molecule is Cc1nc2c(OCc3c(F)cncc3F)cccn2c1C(=O)O. The van der Waals surface area contributed by atoms with E-state index in [0.29, 0.717) is 5.69 Å². The fourth-order valence-electron chi connectivity index (χ4n) is 2.25. The molecule has 0 aliphatic heterocycles. The molecule has 0 spiro atoms. The summed E-state index contributed by atoms with van der Waals surface area (Å²) in [7, 11) is 0. The van der Waals surface area contributed by atoms with E-state index in [1.165, 1.54) is 10.6 Å². The van der Waals surface area contributed by atoms with Crippen molar-refractivity contribution in [3.8, 4) is 5.75 Å². The minimum Gasteiger partial charge on any atom is -0.485 e. The number of aromatic nitrogens is 3. The normalized spacial score (nSPS) is 10.9. The van der Waals surface area contributed by atoms with Crippen LogP contribution < -0.4 is 4.74 Å². The zero-order valence-corrected chi connectivity index (χ0v) is 12.0. The molecular formula is C15H11F2N3O3. The fourth-order valence-corrected chi connectivity index (χ4v) is 2.25. The molecule has 0 saturated carbocycles. The van der Waals surface area contributed by atoms with Crippen molar-refractivity contribution in [2.45, 2.75) is 13.5 Å². The van der Waals surface area contributed by atoms with E-state index < -0.39 is 17.6 Å². The number of aromatic carboxylic acids is 1. The Kier molecular flexibility index (Phi) is 3.65. The average molecular weight is 319 g/mol. The summed E-state index contributed by atoms with van der Waals surface area (Å²) >= 11 is 0. The second-order valence-corrected chi connectivity index (χ2v) is 4.79. The summed E-state index contributed by atoms with van der Waals surface area (Å²) in [5.41, 5.74) is 0.322. The van der Waals surface area contributed by atoms with Crippen LogP contribution in [-0.2, 0) is 6.61 Å². The van der Waals surface area contributed by atoms with Gasteiger partial charge in [-0.2, -0.15) is 0 Å². The molecule has 23 heavy (non-hydrogen) atoms. The first kappa shape index (κ1) is 14.9. The van der Waals surface area contributed by atoms with Crippen LogP contribution >= 0.6 is 0 Å². The Labute approximate surface area is 129 Å². The summed E-state index contributed by atoms with van der Waals surface area (Å²) in [6.45, 7) is 1.19. The average Bonchev–Trinajstić information content (AvgIpc) is 2.83. The topological polar surface area (TPSA) is 76.7 Å². The number of pyridine rings is 2. The minimum absolute atomic E-state index is 0.00622. The van der Waals surface area contributed by atoms with Gasteiger partial charge in [0.15, 0.2) is 28.7 Å². The molecular weight excluding hydrogens is 308 g/mol. The van der Waals surface area contributed by atoms with Crippen molar-refractivity contribution >= 4 is 11.6 Å². The maximum atomic E-state index is 13.6. The maximum Gasteiger partial charge on any atom is 0.354 e. The van der Waals surface area contributed by atoms with Crippen molar-refractivity contribution in [2.24, 2.45) is 0 Å². The predicted octanol–water partition coefficient (Wildman–Crippen LogP) is 2.59. The predicted molar refractivity (Wildman–Crippen MR) is 75.4 cm³/mol. The summed E-state index contributed by atoms with van der Waals surface area (Å²) in [4.78, 5) is 18.8. The first-order chi connectivity index (χ1) is 11.0. The lowest BCUT2D eigenvalue weighted by molar-refractivity contribution is 0.0688. The standard InChI is InChI=1S/C15H11F2N3O3/c1-8-13(15(21)22)20-4-2-3-12(14(20)19-8)23-7-9-10(16)5-18-6-11(9)17/h2-6H,7H2,1H3,(H,21,22). The van der Waals surface area contributed by atoms with E-state index in [1.807, 2.05) is 0 Å². The lowest BCUT2D eigenvalue weighted by Crippen LogP contribution is -2.05. The molecule has 0 radical (unpaired) electrons. The molecule has 0 amide bonds. The largest absolute Gasteiger partial charge is 0.485 e. The Morgan fingerprint density at radius 1 is 1.35 bits per heavy atom. The maximum absolute atomic E-state index is 13.6. The number of fused-ring (bicyclic) bond motifs is 1. The second-order valence-electron chi connectivity index (χ2n) is 4.79. The number of aryl methyl sites for hydroxylation is 1. The Morgan fingerprint density at radius 3 is 2.70 bits per heavy atom. The van der Waals surface area contributed by atoms with Gasteiger partial charge in [0, 0.05) is 6.20 Å². The first-order valence-corrected chi connectivity index (χ1v) is 6.60. The molecule has 118 valence electrons. The van der Waals surface area contributed by atoms with Gasteiger partial charge < -0.3 is 9.84 Å². The van der Waals surface area contributed by atoms with Crippen LogP contribution in [0.3, 0.4) is 0 Å². The third-order valence-corrected chi connectivity index (χ3v) is 3.32. The van der Waals surface area contributed by atoms with Gasteiger partial charge in [0.1, 0.15) is 6.61 Å². The quantitative estimate of drug-likeness (QED) is 0.800. The van der Waals surface area contributed by atoms with E-state index in [1.54, 1.807) is 19.1 Å². The van der Waals surface area contributed by atoms with Crippen molar-refractivity contribution < 1.29 is 23.4 Å². The van der Waals surface area contributed by atoms with Crippen molar-refractivity contribution in [3.63, 3.8) is 0 Å². The van der Waals surface area contributed by atoms with Crippen LogP contribution in [0.5, 0.6) is 5.75 Å². The molecule has 3 aromatic heterocycles. The summed E-state index contributed by atoms with van der Waals surface area (Å²) in [5, 5.41) is 9.22. The molecule has 3 rings (SSSR count). The van der Waals surface area contributed by atoms with Crippen LogP contribution in [-0.4, -0.2) is 25.4 Å². The zero-order chi connectivity index (χ0) is 16.6. The molecule has 0 aliphatic carbocycles. The molecule has 3 heterocycles. The summed E-state index contributed by atoms with van der Waals surface area (Å²) in [5.74, 6) is -2.54. The Bertz CT molecular complexity index is 888. The van der Waals surface area contributed by atoms with Crippen LogP contribution in [0.15, 0.2) is 30.7 Å². The van der Waals surface area contributed by atoms with Crippen molar-refractivity contribution in [1.82, 2.24) is 14.4 Å². The number of carbonyl (C=O) groups is 1. The van der Waals surface area contributed by atoms with Gasteiger partial charge in [0.25, 0.3) is 0 Å². The number of imidazole rings is 1. The van der Waals surface area contributed by atoms with E-state index in [0.717, 1.165) is 12.4 Å². The molecule has 1 N–H and O–H groups in total. The highest BCUT2D eigenvalue weighted by Gasteiger charge is 2.18. The van der Waals surface area contributed by atoms with Crippen molar-refractivity contribution in [3.05, 3.63) is 59.3 Å². The van der Waals surface area contributed by atoms with Crippen LogP contribution in [0.25, 0.3) is 5.65 Å². The third kappa shape index (κ3) is 2.59. The molecule has 8 heteroatoms. The Morgan fingerprint density at radius 2 is 2.04 bits per heavy atom. The van der Waals surface area contributed by atoms with Gasteiger partial charge in [0.05, 0.1) is 23.7 Å². The highest BCUT2D eigenvalue weighted by Crippen LogP contribution is 2.23. The first-order valence-electron chi connectivity index (χ1n) is 6.60. The van der Waals surface area contributed by atoms with Crippen LogP contribution in [0, 0.1) is 18.6 Å². The monoisotopic (exact) mass is 319 g/mol. The highest BCUT2D eigenvalue weighted by atomic mass is 19.1. The number of rotatable bonds is 4. The van der Waals surface area contributed by atoms with E-state index in [2.05, 4.69) is 9.97 Å². The minimum atomic E-state index is -1.13. The summed E-state index contributed by atoms with van der Waals surface area (Å²) < 4.78 is 33.9. The summed E-state index contributed by atoms with van der Waals surface area (Å²) in [6.07, 6.45) is 3.31. The number of carboxylic acids is 1.